The summed E-state index contributed by atoms with van der Waals surface area (Å²) in [6.45, 7) is -0.170. The van der Waals surface area contributed by atoms with Crippen molar-refractivity contribution in [1.29, 1.82) is 5.26 Å². The van der Waals surface area contributed by atoms with Crippen molar-refractivity contribution in [3.8, 4) is 11.8 Å². The molecule has 0 aliphatic heterocycles. The zero-order chi connectivity index (χ0) is 24.5. The number of nitrogens with zero attached hydrogens (tertiary/aromatic N) is 2. The van der Waals surface area contributed by atoms with Gasteiger partial charge in [0, 0.05) is 36.2 Å². The molecule has 0 aliphatic carbocycles. The number of hydrogen-bond acceptors (Lipinski definition) is 5. The van der Waals surface area contributed by atoms with Gasteiger partial charge in [-0.25, -0.2) is 0 Å². The van der Waals surface area contributed by atoms with E-state index in [9.17, 15) is 14.9 Å². The lowest BCUT2D eigenvalue weighted by molar-refractivity contribution is -0.118. The van der Waals surface area contributed by atoms with Crippen LogP contribution >= 0.6 is 11.6 Å². The van der Waals surface area contributed by atoms with Gasteiger partial charge in [-0.3, -0.25) is 9.59 Å². The number of nitrogens with one attached hydrogen (secondary N) is 2. The Kier molecular flexibility index (Phi) is 8.27. The van der Waals surface area contributed by atoms with Gasteiger partial charge >= 0.3 is 0 Å². The molecule has 172 valence electrons. The number of amides is 2. The van der Waals surface area contributed by atoms with E-state index >= 15 is 0 Å². The molecule has 7 nitrogen and oxygen atoms in total. The summed E-state index contributed by atoms with van der Waals surface area (Å²) >= 11 is 5.83. The molecule has 0 aromatic heterocycles. The normalized spacial score (nSPS) is 10.7. The second kappa shape index (κ2) is 11.5. The summed E-state index contributed by atoms with van der Waals surface area (Å²) in [5, 5.41) is 15.4. The van der Waals surface area contributed by atoms with Crippen molar-refractivity contribution in [1.82, 2.24) is 0 Å². The molecule has 0 atom stereocenters. The van der Waals surface area contributed by atoms with Gasteiger partial charge in [-0.2, -0.15) is 5.26 Å². The Morgan fingerprint density at radius 2 is 1.53 bits per heavy atom. The number of benzene rings is 3. The van der Waals surface area contributed by atoms with Gasteiger partial charge in [0.1, 0.15) is 17.4 Å². The molecule has 2 amide bonds. The number of anilines is 3. The van der Waals surface area contributed by atoms with Crippen LogP contribution in [0.1, 0.15) is 5.56 Å². The molecule has 0 radical (unpaired) electrons. The van der Waals surface area contributed by atoms with Gasteiger partial charge in [0.2, 0.25) is 0 Å². The van der Waals surface area contributed by atoms with Crippen molar-refractivity contribution in [2.45, 2.75) is 0 Å². The first-order valence-corrected chi connectivity index (χ1v) is 10.7. The number of rotatable bonds is 8. The van der Waals surface area contributed by atoms with E-state index in [1.807, 2.05) is 37.2 Å². The summed E-state index contributed by atoms with van der Waals surface area (Å²) in [6, 6.07) is 22.7. The third-order valence-corrected chi connectivity index (χ3v) is 4.95. The predicted molar refractivity (Wildman–Crippen MR) is 135 cm³/mol. The predicted octanol–water partition coefficient (Wildman–Crippen LogP) is 4.97. The maximum absolute atomic E-state index is 12.5. The lowest BCUT2D eigenvalue weighted by atomic mass is 10.1. The van der Waals surface area contributed by atoms with Gasteiger partial charge in [-0.1, -0.05) is 23.7 Å². The summed E-state index contributed by atoms with van der Waals surface area (Å²) in [5.41, 5.74) is 2.82. The van der Waals surface area contributed by atoms with Crippen molar-refractivity contribution in [3.63, 3.8) is 0 Å². The Hall–Kier alpha value is -4.28. The fourth-order valence-corrected chi connectivity index (χ4v) is 3.02. The van der Waals surface area contributed by atoms with Crippen LogP contribution in [0.25, 0.3) is 6.08 Å². The Morgan fingerprint density at radius 3 is 2.12 bits per heavy atom. The molecule has 0 aliphatic rings. The third-order valence-electron chi connectivity index (χ3n) is 4.70. The maximum atomic E-state index is 12.5. The van der Waals surface area contributed by atoms with E-state index in [4.69, 9.17) is 16.3 Å². The molecule has 0 saturated carbocycles. The number of carbonyl (C=O) groups is 2. The fraction of sp³-hybridized carbons (Fsp3) is 0.115. The van der Waals surface area contributed by atoms with E-state index < -0.39 is 5.91 Å². The second-order valence-corrected chi connectivity index (χ2v) is 7.91. The van der Waals surface area contributed by atoms with Crippen LogP contribution in [0.15, 0.2) is 78.4 Å². The van der Waals surface area contributed by atoms with E-state index in [-0.39, 0.29) is 18.1 Å². The highest BCUT2D eigenvalue weighted by atomic mass is 35.5. The minimum atomic E-state index is -0.501. The molecule has 0 unspecified atom stereocenters. The highest BCUT2D eigenvalue weighted by molar-refractivity contribution is 6.30. The van der Waals surface area contributed by atoms with Crippen molar-refractivity contribution in [2.75, 3.05) is 36.2 Å². The van der Waals surface area contributed by atoms with Crippen LogP contribution < -0.4 is 20.3 Å². The molecule has 0 heterocycles. The van der Waals surface area contributed by atoms with Crippen LogP contribution in [0.3, 0.4) is 0 Å². The van der Waals surface area contributed by atoms with Crippen LogP contribution in [0, 0.1) is 11.3 Å². The molecular formula is C26H23ClN4O3. The van der Waals surface area contributed by atoms with E-state index in [2.05, 4.69) is 10.6 Å². The largest absolute Gasteiger partial charge is 0.484 e. The molecule has 0 fully saturated rings. The van der Waals surface area contributed by atoms with Crippen LogP contribution in [0.2, 0.25) is 5.02 Å². The molecule has 3 rings (SSSR count). The molecule has 0 bridgehead atoms. The van der Waals surface area contributed by atoms with E-state index in [1.54, 1.807) is 60.7 Å². The highest BCUT2D eigenvalue weighted by Crippen LogP contribution is 2.18. The zero-order valence-electron chi connectivity index (χ0n) is 18.7. The molecule has 0 spiro atoms. The molecule has 3 aromatic rings. The SMILES string of the molecule is CN(C)c1ccc(NC(=O)C(C#N)=Cc2ccc(OCC(=O)Nc3ccc(Cl)cc3)cc2)cc1. The molecule has 3 aromatic carbocycles. The zero-order valence-corrected chi connectivity index (χ0v) is 19.5. The molecule has 0 saturated heterocycles. The number of halogens is 1. The molecule has 34 heavy (non-hydrogen) atoms. The average molecular weight is 475 g/mol. The number of hydrogen-bond donors (Lipinski definition) is 2. The molecule has 2 N–H and O–H groups in total. The van der Waals surface area contributed by atoms with E-state index in [0.717, 1.165) is 5.69 Å². The van der Waals surface area contributed by atoms with Crippen LogP contribution in [-0.4, -0.2) is 32.5 Å². The summed E-state index contributed by atoms with van der Waals surface area (Å²) in [5.74, 6) is -0.333. The number of carbonyl (C=O) groups excluding carboxylic acids is 2. The van der Waals surface area contributed by atoms with Gasteiger partial charge < -0.3 is 20.3 Å². The third kappa shape index (κ3) is 7.12. The highest BCUT2D eigenvalue weighted by Gasteiger charge is 2.10. The number of nitriles is 1. The monoisotopic (exact) mass is 474 g/mol. The van der Waals surface area contributed by atoms with Gasteiger partial charge in [0.05, 0.1) is 0 Å². The van der Waals surface area contributed by atoms with Crippen LogP contribution in [0.5, 0.6) is 5.75 Å². The fourth-order valence-electron chi connectivity index (χ4n) is 2.90. The van der Waals surface area contributed by atoms with Crippen molar-refractivity contribution >= 4 is 46.6 Å². The summed E-state index contributed by atoms with van der Waals surface area (Å²) in [7, 11) is 3.85. The standard InChI is InChI=1S/C26H23ClN4O3/c1-31(2)23-11-9-22(10-12-23)30-26(33)19(16-28)15-18-3-13-24(14-4-18)34-17-25(32)29-21-7-5-20(27)6-8-21/h3-15H,17H2,1-2H3,(H,29,32)(H,30,33). The van der Waals surface area contributed by atoms with Crippen molar-refractivity contribution in [3.05, 3.63) is 89.0 Å². The van der Waals surface area contributed by atoms with Crippen LogP contribution in [0.4, 0.5) is 17.1 Å². The Morgan fingerprint density at radius 1 is 0.941 bits per heavy atom. The molecular weight excluding hydrogens is 452 g/mol. The average Bonchev–Trinajstić information content (AvgIpc) is 2.83. The van der Waals surface area contributed by atoms with Gasteiger partial charge in [-0.15, -0.1) is 0 Å². The first-order valence-electron chi connectivity index (χ1n) is 10.3. The minimum absolute atomic E-state index is 0.0345. The summed E-state index contributed by atoms with van der Waals surface area (Å²) < 4.78 is 5.50. The Balaban J connectivity index is 1.56. The van der Waals surface area contributed by atoms with Gasteiger partial charge in [-0.05, 0) is 72.3 Å². The first-order chi connectivity index (χ1) is 16.3. The lowest BCUT2D eigenvalue weighted by Crippen LogP contribution is -2.20. The minimum Gasteiger partial charge on any atom is -0.484 e. The smallest absolute Gasteiger partial charge is 0.266 e. The van der Waals surface area contributed by atoms with Crippen molar-refractivity contribution in [2.24, 2.45) is 0 Å². The molecule has 8 heteroatoms. The maximum Gasteiger partial charge on any atom is 0.266 e. The Labute approximate surface area is 203 Å². The quantitative estimate of drug-likeness (QED) is 0.355. The van der Waals surface area contributed by atoms with Gasteiger partial charge in [0.25, 0.3) is 11.8 Å². The number of ether oxygens (including phenoxy) is 1. The van der Waals surface area contributed by atoms with E-state index in [0.29, 0.717) is 27.7 Å². The van der Waals surface area contributed by atoms with Gasteiger partial charge in [0.15, 0.2) is 6.61 Å². The second-order valence-electron chi connectivity index (χ2n) is 7.48. The van der Waals surface area contributed by atoms with Crippen molar-refractivity contribution < 1.29 is 14.3 Å². The first kappa shape index (κ1) is 24.4. The van der Waals surface area contributed by atoms with E-state index in [1.165, 1.54) is 6.08 Å². The Bertz CT molecular complexity index is 1210. The summed E-state index contributed by atoms with van der Waals surface area (Å²) in [4.78, 5) is 26.5. The lowest BCUT2D eigenvalue weighted by Gasteiger charge is -2.13. The summed E-state index contributed by atoms with van der Waals surface area (Å²) in [6.07, 6.45) is 1.49. The van der Waals surface area contributed by atoms with Crippen LogP contribution in [-0.2, 0) is 9.59 Å². The topological polar surface area (TPSA) is 94.5 Å².